The molecule has 2 aromatic carbocycles. The number of benzene rings is 2. The first-order valence-corrected chi connectivity index (χ1v) is 11.1. The first-order chi connectivity index (χ1) is 16.0. The van der Waals surface area contributed by atoms with Crippen molar-refractivity contribution in [3.63, 3.8) is 0 Å². The summed E-state index contributed by atoms with van der Waals surface area (Å²) in [7, 11) is 4.68. The van der Waals surface area contributed by atoms with E-state index in [2.05, 4.69) is 11.1 Å². The van der Waals surface area contributed by atoms with Crippen molar-refractivity contribution in [2.75, 3.05) is 27.9 Å². The fourth-order valence-corrected chi connectivity index (χ4v) is 5.16. The van der Waals surface area contributed by atoms with Crippen LogP contribution in [0.15, 0.2) is 36.4 Å². The van der Waals surface area contributed by atoms with Crippen LogP contribution in [0, 0.1) is 0 Å². The monoisotopic (exact) mass is 449 g/mol. The number of methoxy groups -OCH3 is 3. The number of hydrogen-bond donors (Lipinski definition) is 1. The Morgan fingerprint density at radius 3 is 2.36 bits per heavy atom. The lowest BCUT2D eigenvalue weighted by Crippen LogP contribution is -2.44. The number of carbonyl (C=O) groups is 2. The molecule has 0 spiro atoms. The Labute approximate surface area is 192 Å². The SMILES string of the molecule is CCCN1C(=O)C2Cc3c([nH]c4ccccc34)C(c3cc(OC)c(OC)c(OC)c3)N2C1=O. The van der Waals surface area contributed by atoms with Crippen LogP contribution in [-0.4, -0.2) is 60.6 Å². The maximum atomic E-state index is 13.5. The van der Waals surface area contributed by atoms with Gasteiger partial charge in [-0.05, 0) is 35.7 Å². The molecule has 1 N–H and O–H groups in total. The van der Waals surface area contributed by atoms with Crippen molar-refractivity contribution in [1.82, 2.24) is 14.8 Å². The first-order valence-electron chi connectivity index (χ1n) is 11.1. The zero-order valence-electron chi connectivity index (χ0n) is 19.2. The molecule has 0 aliphatic carbocycles. The van der Waals surface area contributed by atoms with Crippen LogP contribution in [0.2, 0.25) is 0 Å². The second-order valence-electron chi connectivity index (χ2n) is 8.32. The van der Waals surface area contributed by atoms with Crippen LogP contribution in [0.5, 0.6) is 17.2 Å². The van der Waals surface area contributed by atoms with Crippen molar-refractivity contribution >= 4 is 22.8 Å². The van der Waals surface area contributed by atoms with Gasteiger partial charge >= 0.3 is 6.03 Å². The molecule has 0 saturated carbocycles. The molecular weight excluding hydrogens is 422 g/mol. The van der Waals surface area contributed by atoms with E-state index in [0.29, 0.717) is 36.6 Å². The average Bonchev–Trinajstić information content (AvgIpc) is 3.32. The van der Waals surface area contributed by atoms with Gasteiger partial charge in [0.05, 0.1) is 21.3 Å². The lowest BCUT2D eigenvalue weighted by Gasteiger charge is -2.36. The molecule has 0 bridgehead atoms. The first kappa shape index (κ1) is 21.2. The number of para-hydroxylation sites is 1. The summed E-state index contributed by atoms with van der Waals surface area (Å²) in [5.41, 5.74) is 3.72. The average molecular weight is 450 g/mol. The van der Waals surface area contributed by atoms with Gasteiger partial charge in [0.25, 0.3) is 5.91 Å². The normalized spacial score (nSPS) is 19.6. The van der Waals surface area contributed by atoms with Crippen molar-refractivity contribution in [2.45, 2.75) is 31.8 Å². The third-order valence-electron chi connectivity index (χ3n) is 6.58. The number of rotatable bonds is 6. The number of ether oxygens (including phenoxy) is 3. The Balaban J connectivity index is 1.75. The molecule has 172 valence electrons. The molecule has 2 unspecified atom stereocenters. The molecule has 1 fully saturated rings. The van der Waals surface area contributed by atoms with Crippen molar-refractivity contribution < 1.29 is 23.8 Å². The second kappa shape index (κ2) is 8.03. The standard InChI is InChI=1S/C25H27N3O5/c1-5-10-27-24(29)18-13-16-15-8-6-7-9-17(15)26-21(16)22(28(18)25(27)30)14-11-19(31-2)23(33-4)20(12-14)32-3/h6-9,11-12,18,22,26H,5,10,13H2,1-4H3. The van der Waals surface area contributed by atoms with Crippen molar-refractivity contribution in [2.24, 2.45) is 0 Å². The number of hydrogen-bond acceptors (Lipinski definition) is 5. The molecule has 8 nitrogen and oxygen atoms in total. The van der Waals surface area contributed by atoms with Crippen LogP contribution in [0.1, 0.15) is 36.2 Å². The predicted octanol–water partition coefficient (Wildman–Crippen LogP) is 3.88. The Morgan fingerprint density at radius 1 is 1.03 bits per heavy atom. The fraction of sp³-hybridized carbons (Fsp3) is 0.360. The number of carbonyl (C=O) groups excluding carboxylic acids is 2. The van der Waals surface area contributed by atoms with Crippen LogP contribution < -0.4 is 14.2 Å². The van der Waals surface area contributed by atoms with Gasteiger partial charge < -0.3 is 19.2 Å². The van der Waals surface area contributed by atoms with Crippen LogP contribution >= 0.6 is 0 Å². The van der Waals surface area contributed by atoms with Gasteiger partial charge in [0, 0.05) is 29.6 Å². The van der Waals surface area contributed by atoms with E-state index < -0.39 is 12.1 Å². The Morgan fingerprint density at radius 2 is 1.73 bits per heavy atom. The lowest BCUT2D eigenvalue weighted by molar-refractivity contribution is -0.128. The van der Waals surface area contributed by atoms with E-state index in [-0.39, 0.29) is 11.9 Å². The molecule has 2 aliphatic rings. The number of nitrogens with zero attached hydrogens (tertiary/aromatic N) is 2. The van der Waals surface area contributed by atoms with Crippen LogP contribution in [-0.2, 0) is 11.2 Å². The topological polar surface area (TPSA) is 84.1 Å². The van der Waals surface area contributed by atoms with Crippen molar-refractivity contribution in [3.8, 4) is 17.2 Å². The van der Waals surface area contributed by atoms with Gasteiger partial charge in [-0.2, -0.15) is 0 Å². The van der Waals surface area contributed by atoms with E-state index in [1.54, 1.807) is 26.2 Å². The van der Waals surface area contributed by atoms with Gasteiger partial charge in [-0.15, -0.1) is 0 Å². The highest BCUT2D eigenvalue weighted by molar-refractivity contribution is 6.05. The molecular formula is C25H27N3O5. The lowest BCUT2D eigenvalue weighted by atomic mass is 9.88. The largest absolute Gasteiger partial charge is 0.493 e. The van der Waals surface area contributed by atoms with Gasteiger partial charge in [0.15, 0.2) is 11.5 Å². The highest BCUT2D eigenvalue weighted by Crippen LogP contribution is 2.47. The molecule has 2 atom stereocenters. The molecule has 3 amide bonds. The van der Waals surface area contributed by atoms with E-state index in [9.17, 15) is 9.59 Å². The van der Waals surface area contributed by atoms with Crippen molar-refractivity contribution in [1.29, 1.82) is 0 Å². The van der Waals surface area contributed by atoms with Gasteiger partial charge in [-0.25, -0.2) is 4.79 Å². The quantitative estimate of drug-likeness (QED) is 0.578. The van der Waals surface area contributed by atoms with E-state index in [1.807, 2.05) is 37.3 Å². The highest BCUT2D eigenvalue weighted by atomic mass is 16.5. The van der Waals surface area contributed by atoms with Crippen molar-refractivity contribution in [3.05, 3.63) is 53.2 Å². The Kier molecular flexibility index (Phi) is 5.15. The zero-order valence-corrected chi connectivity index (χ0v) is 19.2. The van der Waals surface area contributed by atoms with Crippen LogP contribution in [0.3, 0.4) is 0 Å². The van der Waals surface area contributed by atoms with Gasteiger partial charge in [0.1, 0.15) is 12.1 Å². The van der Waals surface area contributed by atoms with Gasteiger partial charge in [-0.3, -0.25) is 14.6 Å². The van der Waals surface area contributed by atoms with Crippen LogP contribution in [0.25, 0.3) is 10.9 Å². The summed E-state index contributed by atoms with van der Waals surface area (Å²) in [5, 5.41) is 1.07. The molecule has 3 heterocycles. The predicted molar refractivity (Wildman–Crippen MR) is 123 cm³/mol. The van der Waals surface area contributed by atoms with E-state index >= 15 is 0 Å². The Bertz CT molecular complexity index is 1230. The Hall–Kier alpha value is -3.68. The summed E-state index contributed by atoms with van der Waals surface area (Å²) in [5.74, 6) is 1.32. The minimum absolute atomic E-state index is 0.143. The molecule has 1 saturated heterocycles. The molecule has 8 heteroatoms. The smallest absolute Gasteiger partial charge is 0.328 e. The molecule has 33 heavy (non-hydrogen) atoms. The molecule has 3 aromatic rings. The number of amides is 3. The van der Waals surface area contributed by atoms with E-state index in [4.69, 9.17) is 14.2 Å². The van der Waals surface area contributed by atoms with Gasteiger partial charge in [-0.1, -0.05) is 25.1 Å². The summed E-state index contributed by atoms with van der Waals surface area (Å²) in [6.45, 7) is 2.37. The third-order valence-corrected chi connectivity index (χ3v) is 6.58. The molecule has 5 rings (SSSR count). The second-order valence-corrected chi connectivity index (χ2v) is 8.32. The fourth-order valence-electron chi connectivity index (χ4n) is 5.16. The highest BCUT2D eigenvalue weighted by Gasteiger charge is 2.52. The molecule has 2 aliphatic heterocycles. The summed E-state index contributed by atoms with van der Waals surface area (Å²) < 4.78 is 16.7. The number of nitrogens with one attached hydrogen (secondary N) is 1. The number of aromatic nitrogens is 1. The summed E-state index contributed by atoms with van der Waals surface area (Å²) in [4.78, 5) is 33.4. The third kappa shape index (κ3) is 3.04. The number of urea groups is 1. The van der Waals surface area contributed by atoms with E-state index in [1.165, 1.54) is 4.90 Å². The zero-order chi connectivity index (χ0) is 23.3. The number of imide groups is 1. The number of aromatic amines is 1. The number of H-pyrrole nitrogens is 1. The van der Waals surface area contributed by atoms with Gasteiger partial charge in [0.2, 0.25) is 5.75 Å². The van der Waals surface area contributed by atoms with E-state index in [0.717, 1.165) is 27.7 Å². The minimum atomic E-state index is -0.556. The molecule has 1 aromatic heterocycles. The van der Waals surface area contributed by atoms with Crippen LogP contribution in [0.4, 0.5) is 4.79 Å². The summed E-state index contributed by atoms with van der Waals surface area (Å²) >= 11 is 0. The maximum absolute atomic E-state index is 13.5. The summed E-state index contributed by atoms with van der Waals surface area (Å²) in [6, 6.07) is 10.4. The maximum Gasteiger partial charge on any atom is 0.328 e. The molecule has 0 radical (unpaired) electrons. The summed E-state index contributed by atoms with van der Waals surface area (Å²) in [6.07, 6.45) is 1.19. The number of fused-ring (bicyclic) bond motifs is 4. The minimum Gasteiger partial charge on any atom is -0.493 e.